The first-order chi connectivity index (χ1) is 9.41. The van der Waals surface area contributed by atoms with E-state index in [0.717, 1.165) is 38.3 Å². The summed E-state index contributed by atoms with van der Waals surface area (Å²) in [5.41, 5.74) is 0.972. The predicted octanol–water partition coefficient (Wildman–Crippen LogP) is 1.27. The lowest BCUT2D eigenvalue weighted by Gasteiger charge is -2.27. The molecule has 0 unspecified atom stereocenters. The Balaban J connectivity index is 2.33. The first-order valence-electron chi connectivity index (χ1n) is 6.41. The second kappa shape index (κ2) is 6.43. The van der Waals surface area contributed by atoms with Gasteiger partial charge in [0.2, 0.25) is 0 Å². The number of hydrogen-bond donors (Lipinski definition) is 1. The van der Waals surface area contributed by atoms with Crippen LogP contribution < -0.4 is 10.1 Å². The molecule has 1 fully saturated rings. The minimum absolute atomic E-state index is 0.236. The van der Waals surface area contributed by atoms with E-state index >= 15 is 0 Å². The zero-order valence-corrected chi connectivity index (χ0v) is 14.1. The van der Waals surface area contributed by atoms with Gasteiger partial charge in [-0.2, -0.15) is 0 Å². The van der Waals surface area contributed by atoms with Crippen molar-refractivity contribution in [1.29, 1.82) is 0 Å². The van der Waals surface area contributed by atoms with Crippen LogP contribution in [0.5, 0.6) is 5.75 Å². The van der Waals surface area contributed by atoms with Crippen LogP contribution in [-0.4, -0.2) is 52.9 Å². The highest BCUT2D eigenvalue weighted by Crippen LogP contribution is 2.34. The van der Waals surface area contributed by atoms with E-state index in [9.17, 15) is 8.42 Å². The summed E-state index contributed by atoms with van der Waals surface area (Å²) in [7, 11) is -1.84. The number of ether oxygens (including phenoxy) is 1. The molecule has 0 bridgehead atoms. The molecule has 1 aliphatic rings. The molecule has 0 saturated carbocycles. The first-order valence-corrected chi connectivity index (χ1v) is 9.10. The summed E-state index contributed by atoms with van der Waals surface area (Å²) >= 11 is 3.40. The molecular weight excluding hydrogens is 344 g/mol. The van der Waals surface area contributed by atoms with Crippen molar-refractivity contribution in [3.8, 4) is 5.75 Å². The van der Waals surface area contributed by atoms with Crippen LogP contribution in [-0.2, 0) is 16.4 Å². The molecule has 7 heteroatoms. The maximum absolute atomic E-state index is 11.9. The Kier molecular flexibility index (Phi) is 5.06. The number of nitrogens with zero attached hydrogens (tertiary/aromatic N) is 1. The fourth-order valence-corrected chi connectivity index (χ4v) is 4.01. The number of halogens is 1. The zero-order valence-electron chi connectivity index (χ0n) is 11.6. The summed E-state index contributed by atoms with van der Waals surface area (Å²) < 4.78 is 29.6. The normalized spacial score (nSPS) is 17.1. The van der Waals surface area contributed by atoms with Gasteiger partial charge in [-0.25, -0.2) is 8.42 Å². The van der Waals surface area contributed by atoms with E-state index in [-0.39, 0.29) is 4.90 Å². The van der Waals surface area contributed by atoms with Crippen LogP contribution in [0.15, 0.2) is 21.5 Å². The van der Waals surface area contributed by atoms with E-state index < -0.39 is 9.84 Å². The van der Waals surface area contributed by atoms with Crippen molar-refractivity contribution in [3.05, 3.63) is 22.2 Å². The molecule has 0 atom stereocenters. The summed E-state index contributed by atoms with van der Waals surface area (Å²) in [6.07, 6.45) is 1.20. The van der Waals surface area contributed by atoms with Gasteiger partial charge in [0.15, 0.2) is 15.6 Å². The smallest absolute Gasteiger partial charge is 0.179 e. The van der Waals surface area contributed by atoms with E-state index in [2.05, 4.69) is 26.1 Å². The van der Waals surface area contributed by atoms with E-state index in [1.807, 2.05) is 6.07 Å². The van der Waals surface area contributed by atoms with Gasteiger partial charge in [-0.15, -0.1) is 0 Å². The number of sulfone groups is 1. The highest BCUT2D eigenvalue weighted by atomic mass is 79.9. The SMILES string of the molecule is COc1c(Br)cc(CN2CCNCC2)cc1S(C)(=O)=O. The van der Waals surface area contributed by atoms with Gasteiger partial charge in [0.1, 0.15) is 4.90 Å². The summed E-state index contributed by atoms with van der Waals surface area (Å²) in [6.45, 7) is 4.62. The van der Waals surface area contributed by atoms with E-state index in [1.54, 1.807) is 6.07 Å². The van der Waals surface area contributed by atoms with Crippen LogP contribution >= 0.6 is 15.9 Å². The lowest BCUT2D eigenvalue weighted by atomic mass is 10.2. The number of hydrogen-bond acceptors (Lipinski definition) is 5. The topological polar surface area (TPSA) is 58.6 Å². The van der Waals surface area contributed by atoms with Crippen LogP contribution in [0, 0.1) is 0 Å². The summed E-state index contributed by atoms with van der Waals surface area (Å²) in [5, 5.41) is 3.30. The van der Waals surface area contributed by atoms with Crippen molar-refractivity contribution >= 4 is 25.8 Å². The first kappa shape index (κ1) is 15.8. The van der Waals surface area contributed by atoms with Gasteiger partial charge in [0.05, 0.1) is 11.6 Å². The molecule has 1 heterocycles. The molecule has 112 valence electrons. The Bertz CT molecular complexity index is 584. The fraction of sp³-hybridized carbons (Fsp3) is 0.538. The molecule has 1 saturated heterocycles. The molecule has 0 aromatic heterocycles. The molecule has 0 amide bonds. The summed E-state index contributed by atoms with van der Waals surface area (Å²) in [5.74, 6) is 0.372. The predicted molar refractivity (Wildman–Crippen MR) is 82.0 cm³/mol. The largest absolute Gasteiger partial charge is 0.494 e. The average Bonchev–Trinajstić information content (AvgIpc) is 2.38. The Hall–Kier alpha value is -0.630. The second-order valence-electron chi connectivity index (χ2n) is 4.91. The highest BCUT2D eigenvalue weighted by molar-refractivity contribution is 9.10. The third kappa shape index (κ3) is 3.72. The van der Waals surface area contributed by atoms with Crippen molar-refractivity contribution in [2.24, 2.45) is 0 Å². The van der Waals surface area contributed by atoms with Crippen LogP contribution in [0.1, 0.15) is 5.56 Å². The second-order valence-corrected chi connectivity index (χ2v) is 7.75. The van der Waals surface area contributed by atoms with Gasteiger partial charge < -0.3 is 10.1 Å². The lowest BCUT2D eigenvalue weighted by Crippen LogP contribution is -2.42. The number of piperazine rings is 1. The molecule has 1 aromatic carbocycles. The number of rotatable bonds is 4. The number of benzene rings is 1. The van der Waals surface area contributed by atoms with Crippen LogP contribution in [0.3, 0.4) is 0 Å². The molecule has 2 rings (SSSR count). The molecule has 1 aliphatic heterocycles. The molecule has 20 heavy (non-hydrogen) atoms. The Morgan fingerprint density at radius 3 is 2.55 bits per heavy atom. The van der Waals surface area contributed by atoms with E-state index in [1.165, 1.54) is 13.4 Å². The maximum atomic E-state index is 11.9. The number of methoxy groups -OCH3 is 1. The molecule has 0 aliphatic carbocycles. The number of nitrogens with one attached hydrogen (secondary N) is 1. The van der Waals surface area contributed by atoms with Crippen molar-refractivity contribution in [2.75, 3.05) is 39.5 Å². The Labute approximate surface area is 128 Å². The molecule has 0 spiro atoms. The quantitative estimate of drug-likeness (QED) is 0.873. The molecule has 5 nitrogen and oxygen atoms in total. The zero-order chi connectivity index (χ0) is 14.8. The minimum atomic E-state index is -3.32. The fourth-order valence-electron chi connectivity index (χ4n) is 2.31. The van der Waals surface area contributed by atoms with Crippen LogP contribution in [0.2, 0.25) is 0 Å². The van der Waals surface area contributed by atoms with E-state index in [0.29, 0.717) is 10.2 Å². The van der Waals surface area contributed by atoms with Gasteiger partial charge in [0.25, 0.3) is 0 Å². The van der Waals surface area contributed by atoms with Crippen LogP contribution in [0.25, 0.3) is 0 Å². The molecular formula is C13H19BrN2O3S. The van der Waals surface area contributed by atoms with Gasteiger partial charge >= 0.3 is 0 Å². The van der Waals surface area contributed by atoms with Crippen molar-refractivity contribution < 1.29 is 13.2 Å². The maximum Gasteiger partial charge on any atom is 0.179 e. The highest BCUT2D eigenvalue weighted by Gasteiger charge is 2.19. The molecule has 1 N–H and O–H groups in total. The third-order valence-electron chi connectivity index (χ3n) is 3.29. The van der Waals surface area contributed by atoms with Crippen molar-refractivity contribution in [2.45, 2.75) is 11.4 Å². The molecule has 1 aromatic rings. The summed E-state index contributed by atoms with van der Waals surface area (Å²) in [4.78, 5) is 2.54. The van der Waals surface area contributed by atoms with Gasteiger partial charge in [-0.3, -0.25) is 4.90 Å². The van der Waals surface area contributed by atoms with Gasteiger partial charge in [-0.1, -0.05) is 0 Å². The van der Waals surface area contributed by atoms with Crippen molar-refractivity contribution in [3.63, 3.8) is 0 Å². The Morgan fingerprint density at radius 1 is 1.35 bits per heavy atom. The van der Waals surface area contributed by atoms with Gasteiger partial charge in [-0.05, 0) is 33.6 Å². The third-order valence-corrected chi connectivity index (χ3v) is 4.98. The molecule has 0 radical (unpaired) electrons. The van der Waals surface area contributed by atoms with Gasteiger partial charge in [0, 0.05) is 39.0 Å². The van der Waals surface area contributed by atoms with E-state index in [4.69, 9.17) is 4.74 Å². The monoisotopic (exact) mass is 362 g/mol. The standard InChI is InChI=1S/C13H19BrN2O3S/c1-19-13-11(14)7-10(8-12(13)20(2,17)18)9-16-5-3-15-4-6-16/h7-8,15H,3-6,9H2,1-2H3. The minimum Gasteiger partial charge on any atom is -0.494 e. The average molecular weight is 363 g/mol. The van der Waals surface area contributed by atoms with Crippen LogP contribution in [0.4, 0.5) is 0 Å². The van der Waals surface area contributed by atoms with Crippen molar-refractivity contribution in [1.82, 2.24) is 10.2 Å². The Morgan fingerprint density at radius 2 is 2.00 bits per heavy atom. The summed E-state index contributed by atoms with van der Waals surface area (Å²) in [6, 6.07) is 3.64. The lowest BCUT2D eigenvalue weighted by molar-refractivity contribution is 0.233.